The zero-order valence-electron chi connectivity index (χ0n) is 11.3. The van der Waals surface area contributed by atoms with E-state index in [1.165, 1.54) is 5.56 Å². The van der Waals surface area contributed by atoms with E-state index in [2.05, 4.69) is 52.5 Å². The summed E-state index contributed by atoms with van der Waals surface area (Å²) in [5.41, 5.74) is 1.38. The predicted molar refractivity (Wildman–Crippen MR) is 81.7 cm³/mol. The Kier molecular flexibility index (Phi) is 5.21. The molecule has 1 aromatic carbocycles. The monoisotopic (exact) mass is 273 g/mol. The van der Waals surface area contributed by atoms with E-state index in [1.54, 1.807) is 18.1 Å². The second kappa shape index (κ2) is 7.14. The predicted octanol–water partition coefficient (Wildman–Crippen LogP) is 3.63. The van der Waals surface area contributed by atoms with Crippen molar-refractivity contribution in [2.24, 2.45) is 0 Å². The molecule has 2 rings (SSSR count). The van der Waals surface area contributed by atoms with Gasteiger partial charge in [-0.05, 0) is 31.6 Å². The van der Waals surface area contributed by atoms with Gasteiger partial charge in [-0.25, -0.2) is 9.97 Å². The molecule has 1 heterocycles. The maximum Gasteiger partial charge on any atom is 0.130 e. The van der Waals surface area contributed by atoms with Crippen molar-refractivity contribution in [3.8, 4) is 0 Å². The maximum absolute atomic E-state index is 4.25. The molecule has 0 saturated heterocycles. The fraction of sp³-hybridized carbons (Fsp3) is 0.333. The second-order valence-electron chi connectivity index (χ2n) is 4.52. The van der Waals surface area contributed by atoms with Crippen LogP contribution in [-0.2, 0) is 6.42 Å². The summed E-state index contributed by atoms with van der Waals surface area (Å²) in [6.45, 7) is 2.18. The number of benzene rings is 1. The molecule has 0 amide bonds. The van der Waals surface area contributed by atoms with Gasteiger partial charge in [-0.1, -0.05) is 30.3 Å². The first-order chi connectivity index (χ1) is 9.28. The highest BCUT2D eigenvalue weighted by molar-refractivity contribution is 7.98. The third-order valence-corrected chi connectivity index (χ3v) is 3.60. The van der Waals surface area contributed by atoms with E-state index in [4.69, 9.17) is 0 Å². The molecule has 0 fully saturated rings. The van der Waals surface area contributed by atoms with E-state index in [1.807, 2.05) is 12.3 Å². The molecule has 4 heteroatoms. The summed E-state index contributed by atoms with van der Waals surface area (Å²) < 4.78 is 0. The van der Waals surface area contributed by atoms with Gasteiger partial charge in [-0.15, -0.1) is 11.8 Å². The summed E-state index contributed by atoms with van der Waals surface area (Å²) in [7, 11) is 0. The normalized spacial score (nSPS) is 12.1. The molecule has 2 aromatic rings. The van der Waals surface area contributed by atoms with Crippen LogP contribution in [0.3, 0.4) is 0 Å². The molecule has 1 unspecified atom stereocenters. The average molecular weight is 273 g/mol. The van der Waals surface area contributed by atoms with Crippen molar-refractivity contribution in [3.63, 3.8) is 0 Å². The Hall–Kier alpha value is -1.55. The number of hydrogen-bond donors (Lipinski definition) is 1. The molecule has 0 saturated carbocycles. The van der Waals surface area contributed by atoms with E-state index < -0.39 is 0 Å². The highest BCUT2D eigenvalue weighted by Gasteiger charge is 2.04. The van der Waals surface area contributed by atoms with Crippen molar-refractivity contribution in [3.05, 3.63) is 48.3 Å². The largest absolute Gasteiger partial charge is 0.367 e. The van der Waals surface area contributed by atoms with Crippen LogP contribution < -0.4 is 5.32 Å². The molecule has 0 radical (unpaired) electrons. The summed E-state index contributed by atoms with van der Waals surface area (Å²) in [6.07, 6.45) is 5.79. The van der Waals surface area contributed by atoms with Crippen LogP contribution in [0, 0.1) is 0 Å². The molecule has 1 atom stereocenters. The van der Waals surface area contributed by atoms with E-state index in [-0.39, 0.29) is 0 Å². The first-order valence-electron chi connectivity index (χ1n) is 6.44. The minimum atomic E-state index is 0.393. The Morgan fingerprint density at radius 3 is 2.74 bits per heavy atom. The fourth-order valence-electron chi connectivity index (χ4n) is 1.88. The van der Waals surface area contributed by atoms with Crippen LogP contribution in [0.5, 0.6) is 0 Å². The van der Waals surface area contributed by atoms with Crippen molar-refractivity contribution in [2.45, 2.75) is 30.8 Å². The Morgan fingerprint density at radius 2 is 2.00 bits per heavy atom. The first kappa shape index (κ1) is 13.9. The van der Waals surface area contributed by atoms with Gasteiger partial charge in [0, 0.05) is 12.1 Å². The first-order valence-corrected chi connectivity index (χ1v) is 7.67. The van der Waals surface area contributed by atoms with Crippen molar-refractivity contribution in [1.82, 2.24) is 9.97 Å². The number of rotatable bonds is 6. The van der Waals surface area contributed by atoms with E-state index in [0.717, 1.165) is 23.7 Å². The number of aromatic nitrogens is 2. The molecule has 0 aliphatic heterocycles. The zero-order valence-corrected chi connectivity index (χ0v) is 12.2. The number of aryl methyl sites for hydroxylation is 1. The smallest absolute Gasteiger partial charge is 0.130 e. The summed E-state index contributed by atoms with van der Waals surface area (Å²) in [5, 5.41) is 4.42. The molecule has 0 bridgehead atoms. The van der Waals surface area contributed by atoms with Crippen LogP contribution in [0.25, 0.3) is 0 Å². The molecular weight excluding hydrogens is 254 g/mol. The van der Waals surface area contributed by atoms with Gasteiger partial charge in [0.05, 0.1) is 0 Å². The van der Waals surface area contributed by atoms with Crippen molar-refractivity contribution >= 4 is 17.6 Å². The third kappa shape index (κ3) is 4.56. The van der Waals surface area contributed by atoms with Gasteiger partial charge in [0.2, 0.25) is 0 Å². The van der Waals surface area contributed by atoms with Crippen LogP contribution in [0.2, 0.25) is 0 Å². The molecule has 3 nitrogen and oxygen atoms in total. The quantitative estimate of drug-likeness (QED) is 0.644. The lowest BCUT2D eigenvalue weighted by Gasteiger charge is -2.14. The van der Waals surface area contributed by atoms with E-state index in [9.17, 15) is 0 Å². The Labute approximate surface area is 118 Å². The zero-order chi connectivity index (χ0) is 13.5. The molecule has 1 aromatic heterocycles. The molecule has 19 heavy (non-hydrogen) atoms. The standard InChI is InChI=1S/C15H19N3S/c1-12(8-9-13-6-4-3-5-7-13)18-14-10-15(19-2)17-11-16-14/h3-7,10-12H,8-9H2,1-2H3,(H,16,17,18). The van der Waals surface area contributed by atoms with Crippen molar-refractivity contribution in [2.75, 3.05) is 11.6 Å². The van der Waals surface area contributed by atoms with Crippen LogP contribution >= 0.6 is 11.8 Å². The topological polar surface area (TPSA) is 37.8 Å². The maximum atomic E-state index is 4.25. The summed E-state index contributed by atoms with van der Waals surface area (Å²) in [5.74, 6) is 0.903. The lowest BCUT2D eigenvalue weighted by atomic mass is 10.1. The number of nitrogens with one attached hydrogen (secondary N) is 1. The van der Waals surface area contributed by atoms with E-state index >= 15 is 0 Å². The Morgan fingerprint density at radius 1 is 1.21 bits per heavy atom. The van der Waals surface area contributed by atoms with Gasteiger partial charge in [-0.3, -0.25) is 0 Å². The second-order valence-corrected chi connectivity index (χ2v) is 5.34. The molecule has 1 N–H and O–H groups in total. The lowest BCUT2D eigenvalue weighted by molar-refractivity contribution is 0.701. The fourth-order valence-corrected chi connectivity index (χ4v) is 2.26. The van der Waals surface area contributed by atoms with Crippen LogP contribution in [-0.4, -0.2) is 22.3 Å². The van der Waals surface area contributed by atoms with Crippen molar-refractivity contribution < 1.29 is 0 Å². The Bertz CT molecular complexity index is 502. The van der Waals surface area contributed by atoms with Gasteiger partial charge >= 0.3 is 0 Å². The Balaban J connectivity index is 1.85. The van der Waals surface area contributed by atoms with Gasteiger partial charge in [0.25, 0.3) is 0 Å². The van der Waals surface area contributed by atoms with Gasteiger partial charge in [0.15, 0.2) is 0 Å². The van der Waals surface area contributed by atoms with E-state index in [0.29, 0.717) is 6.04 Å². The van der Waals surface area contributed by atoms with Crippen molar-refractivity contribution in [1.29, 1.82) is 0 Å². The summed E-state index contributed by atoms with van der Waals surface area (Å²) >= 11 is 1.63. The highest BCUT2D eigenvalue weighted by Crippen LogP contribution is 2.15. The van der Waals surface area contributed by atoms with Crippen LogP contribution in [0.15, 0.2) is 47.8 Å². The SMILES string of the molecule is CSc1cc(NC(C)CCc2ccccc2)ncn1. The van der Waals surface area contributed by atoms with Crippen LogP contribution in [0.1, 0.15) is 18.9 Å². The van der Waals surface area contributed by atoms with Gasteiger partial charge < -0.3 is 5.32 Å². The molecule has 0 spiro atoms. The lowest BCUT2D eigenvalue weighted by Crippen LogP contribution is -2.17. The third-order valence-electron chi connectivity index (χ3n) is 2.95. The molecular formula is C15H19N3S. The minimum Gasteiger partial charge on any atom is -0.367 e. The van der Waals surface area contributed by atoms with Gasteiger partial charge in [0.1, 0.15) is 17.2 Å². The summed E-state index contributed by atoms with van der Waals surface area (Å²) in [6, 6.07) is 12.9. The van der Waals surface area contributed by atoms with Crippen LogP contribution in [0.4, 0.5) is 5.82 Å². The number of nitrogens with zero attached hydrogens (tertiary/aromatic N) is 2. The average Bonchev–Trinajstić information content (AvgIpc) is 2.46. The number of thioether (sulfide) groups is 1. The van der Waals surface area contributed by atoms with Gasteiger partial charge in [-0.2, -0.15) is 0 Å². The number of anilines is 1. The minimum absolute atomic E-state index is 0.393. The molecule has 100 valence electrons. The summed E-state index contributed by atoms with van der Waals surface area (Å²) in [4.78, 5) is 8.42. The molecule has 0 aliphatic rings. The number of hydrogen-bond acceptors (Lipinski definition) is 4. The highest BCUT2D eigenvalue weighted by atomic mass is 32.2. The molecule has 0 aliphatic carbocycles.